The van der Waals surface area contributed by atoms with Gasteiger partial charge in [-0.1, -0.05) is 48.5 Å². The van der Waals surface area contributed by atoms with Gasteiger partial charge >= 0.3 is 0 Å². The summed E-state index contributed by atoms with van der Waals surface area (Å²) in [6.45, 7) is 0. The molecular weight excluding hydrogens is 312 g/mol. The van der Waals surface area contributed by atoms with Gasteiger partial charge in [0.15, 0.2) is 0 Å². The molecule has 0 saturated heterocycles. The summed E-state index contributed by atoms with van der Waals surface area (Å²) in [6, 6.07) is 18.5. The third-order valence-corrected chi connectivity index (χ3v) is 5.16. The van der Waals surface area contributed by atoms with Gasteiger partial charge in [-0.2, -0.15) is 0 Å². The number of hydrogen-bond acceptors (Lipinski definition) is 3. The van der Waals surface area contributed by atoms with Crippen LogP contribution in [0.4, 0.5) is 0 Å². The second kappa shape index (κ2) is 5.73. The molecule has 0 aliphatic rings. The average Bonchev–Trinajstić information content (AvgIpc) is 3.02. The molecule has 2 N–H and O–H groups in total. The molecule has 0 aliphatic carbocycles. The lowest BCUT2D eigenvalue weighted by Crippen LogP contribution is -2.22. The minimum Gasteiger partial charge on any atom is -0.364 e. The van der Waals surface area contributed by atoms with Crippen LogP contribution in [0.2, 0.25) is 0 Å². The quantitative estimate of drug-likeness (QED) is 0.799. The van der Waals surface area contributed by atoms with Crippen molar-refractivity contribution >= 4 is 15.9 Å². The van der Waals surface area contributed by atoms with E-state index in [2.05, 4.69) is 0 Å². The summed E-state index contributed by atoms with van der Waals surface area (Å²) < 4.78 is 26.5. The molecule has 0 bridgehead atoms. The van der Waals surface area contributed by atoms with Gasteiger partial charge in [0.05, 0.1) is 4.90 Å². The lowest BCUT2D eigenvalue weighted by Gasteiger charge is -2.10. The smallest absolute Gasteiger partial charge is 0.268 e. The highest BCUT2D eigenvalue weighted by Crippen LogP contribution is 2.27. The number of rotatable bonds is 4. The summed E-state index contributed by atoms with van der Waals surface area (Å²) in [5.41, 5.74) is 6.60. The van der Waals surface area contributed by atoms with Crippen molar-refractivity contribution in [2.45, 2.75) is 4.90 Å². The van der Waals surface area contributed by atoms with Crippen molar-refractivity contribution in [3.8, 4) is 11.1 Å². The van der Waals surface area contributed by atoms with Gasteiger partial charge in [0, 0.05) is 11.8 Å². The van der Waals surface area contributed by atoms with Crippen molar-refractivity contribution in [3.63, 3.8) is 0 Å². The normalized spacial score (nSPS) is 11.3. The molecule has 0 aliphatic heterocycles. The molecular formula is C17H14N2O3S. The van der Waals surface area contributed by atoms with E-state index < -0.39 is 15.9 Å². The molecule has 0 atom stereocenters. The minimum atomic E-state index is -3.89. The summed E-state index contributed by atoms with van der Waals surface area (Å²) in [5, 5.41) is 0. The Morgan fingerprint density at radius 3 is 2.00 bits per heavy atom. The maximum atomic E-state index is 12.8. The number of primary amides is 1. The molecule has 23 heavy (non-hydrogen) atoms. The highest BCUT2D eigenvalue weighted by Gasteiger charge is 2.25. The second-order valence-electron chi connectivity index (χ2n) is 4.92. The topological polar surface area (TPSA) is 82.2 Å². The van der Waals surface area contributed by atoms with E-state index >= 15 is 0 Å². The molecule has 1 heterocycles. The van der Waals surface area contributed by atoms with Gasteiger partial charge in [0.25, 0.3) is 15.9 Å². The molecule has 116 valence electrons. The van der Waals surface area contributed by atoms with Crippen LogP contribution in [0.3, 0.4) is 0 Å². The molecule has 1 aromatic heterocycles. The molecule has 3 aromatic rings. The zero-order valence-corrected chi connectivity index (χ0v) is 12.9. The van der Waals surface area contributed by atoms with Gasteiger partial charge in [-0.15, -0.1) is 0 Å². The Kier molecular flexibility index (Phi) is 3.75. The van der Waals surface area contributed by atoms with Crippen LogP contribution in [0.1, 0.15) is 10.5 Å². The van der Waals surface area contributed by atoms with E-state index in [4.69, 9.17) is 5.73 Å². The van der Waals surface area contributed by atoms with Crippen molar-refractivity contribution in [2.24, 2.45) is 5.73 Å². The number of nitrogens with two attached hydrogens (primary N) is 1. The Morgan fingerprint density at radius 1 is 0.870 bits per heavy atom. The van der Waals surface area contributed by atoms with Crippen LogP contribution >= 0.6 is 0 Å². The van der Waals surface area contributed by atoms with E-state index in [0.29, 0.717) is 5.56 Å². The standard InChI is InChI=1S/C17H14N2O3S/c18-17(20)16-15(13-7-3-1-4-8-13)11-12-19(16)23(21,22)14-9-5-2-6-10-14/h1-12H,(H2,18,20). The van der Waals surface area contributed by atoms with Crippen LogP contribution in [0.15, 0.2) is 77.8 Å². The summed E-state index contributed by atoms with van der Waals surface area (Å²) in [7, 11) is -3.89. The summed E-state index contributed by atoms with van der Waals surface area (Å²) in [4.78, 5) is 12.0. The fourth-order valence-corrected chi connectivity index (χ4v) is 3.79. The van der Waals surface area contributed by atoms with Crippen molar-refractivity contribution in [1.82, 2.24) is 3.97 Å². The molecule has 1 amide bonds. The molecule has 0 saturated carbocycles. The van der Waals surface area contributed by atoms with Crippen LogP contribution in [0.5, 0.6) is 0 Å². The molecule has 5 nitrogen and oxygen atoms in total. The van der Waals surface area contributed by atoms with Crippen molar-refractivity contribution in [3.05, 3.63) is 78.6 Å². The lowest BCUT2D eigenvalue weighted by molar-refractivity contribution is 0.0995. The third-order valence-electron chi connectivity index (χ3n) is 3.47. The van der Waals surface area contributed by atoms with Crippen molar-refractivity contribution in [2.75, 3.05) is 0 Å². The van der Waals surface area contributed by atoms with Gasteiger partial charge in [0.1, 0.15) is 5.69 Å². The van der Waals surface area contributed by atoms with E-state index in [1.165, 1.54) is 18.3 Å². The number of amides is 1. The highest BCUT2D eigenvalue weighted by molar-refractivity contribution is 7.90. The van der Waals surface area contributed by atoms with Crippen LogP contribution < -0.4 is 5.73 Å². The first-order valence-electron chi connectivity index (χ1n) is 6.89. The molecule has 0 fully saturated rings. The molecule has 0 spiro atoms. The second-order valence-corrected chi connectivity index (χ2v) is 6.74. The summed E-state index contributed by atoms with van der Waals surface area (Å²) in [6.07, 6.45) is 1.35. The van der Waals surface area contributed by atoms with E-state index in [9.17, 15) is 13.2 Å². The lowest BCUT2D eigenvalue weighted by atomic mass is 10.1. The Hall–Kier alpha value is -2.86. The largest absolute Gasteiger partial charge is 0.364 e. The van der Waals surface area contributed by atoms with Crippen LogP contribution in [0.25, 0.3) is 11.1 Å². The number of hydrogen-bond donors (Lipinski definition) is 1. The van der Waals surface area contributed by atoms with Crippen LogP contribution in [0, 0.1) is 0 Å². The minimum absolute atomic E-state index is 0.0555. The molecule has 0 radical (unpaired) electrons. The monoisotopic (exact) mass is 326 g/mol. The maximum absolute atomic E-state index is 12.8. The number of aromatic nitrogens is 1. The Bertz CT molecular complexity index is 946. The van der Waals surface area contributed by atoms with Crippen molar-refractivity contribution in [1.29, 1.82) is 0 Å². The fraction of sp³-hybridized carbons (Fsp3) is 0. The van der Waals surface area contributed by atoms with Gasteiger partial charge in [-0.05, 0) is 23.8 Å². The number of benzene rings is 2. The summed E-state index contributed by atoms with van der Waals surface area (Å²) >= 11 is 0. The van der Waals surface area contributed by atoms with Gasteiger partial charge in [-0.3, -0.25) is 4.79 Å². The number of carbonyl (C=O) groups is 1. The first kappa shape index (κ1) is 15.1. The summed E-state index contributed by atoms with van der Waals surface area (Å²) in [5.74, 6) is -0.798. The Balaban J connectivity index is 2.23. The molecule has 0 unspecified atom stereocenters. The van der Waals surface area contributed by atoms with Gasteiger partial charge < -0.3 is 5.73 Å². The highest BCUT2D eigenvalue weighted by atomic mass is 32.2. The van der Waals surface area contributed by atoms with E-state index in [1.54, 1.807) is 36.4 Å². The van der Waals surface area contributed by atoms with Crippen LogP contribution in [-0.2, 0) is 10.0 Å². The SMILES string of the molecule is NC(=O)c1c(-c2ccccc2)ccn1S(=O)(=O)c1ccccc1. The number of nitrogens with zero attached hydrogens (tertiary/aromatic N) is 1. The van der Waals surface area contributed by atoms with Gasteiger partial charge in [-0.25, -0.2) is 12.4 Å². The maximum Gasteiger partial charge on any atom is 0.268 e. The first-order valence-corrected chi connectivity index (χ1v) is 8.33. The molecule has 3 rings (SSSR count). The molecule has 6 heteroatoms. The van der Waals surface area contributed by atoms with E-state index in [0.717, 1.165) is 9.54 Å². The zero-order valence-electron chi connectivity index (χ0n) is 12.1. The van der Waals surface area contributed by atoms with Crippen LogP contribution in [-0.4, -0.2) is 18.3 Å². The zero-order chi connectivity index (χ0) is 16.4. The van der Waals surface area contributed by atoms with E-state index in [1.807, 2.05) is 18.2 Å². The predicted octanol–water partition coefficient (Wildman–Crippen LogP) is 2.49. The predicted molar refractivity (Wildman–Crippen MR) is 87.4 cm³/mol. The third kappa shape index (κ3) is 2.64. The fourth-order valence-electron chi connectivity index (χ4n) is 2.41. The Labute approximate surface area is 134 Å². The number of carbonyl (C=O) groups excluding carboxylic acids is 1. The molecule has 2 aromatic carbocycles. The van der Waals surface area contributed by atoms with E-state index in [-0.39, 0.29) is 10.6 Å². The van der Waals surface area contributed by atoms with Gasteiger partial charge in [0.2, 0.25) is 0 Å². The van der Waals surface area contributed by atoms with Crippen molar-refractivity contribution < 1.29 is 13.2 Å². The first-order chi connectivity index (χ1) is 11.0. The Morgan fingerprint density at radius 2 is 1.43 bits per heavy atom. The average molecular weight is 326 g/mol.